The van der Waals surface area contributed by atoms with Crippen LogP contribution in [-0.2, 0) is 9.47 Å². The van der Waals surface area contributed by atoms with Gasteiger partial charge in [0, 0.05) is 19.7 Å². The lowest BCUT2D eigenvalue weighted by atomic mass is 10.1. The zero-order valence-corrected chi connectivity index (χ0v) is 13.2. The molecule has 0 bridgehead atoms. The minimum atomic E-state index is -0.0523. The summed E-state index contributed by atoms with van der Waals surface area (Å²) in [5.74, 6) is 0.330. The summed E-state index contributed by atoms with van der Waals surface area (Å²) in [6.45, 7) is 5.35. The highest BCUT2D eigenvalue weighted by Gasteiger charge is 2.25. The van der Waals surface area contributed by atoms with Crippen LogP contribution in [0.1, 0.15) is 30.3 Å². The topological polar surface area (TPSA) is 51.9 Å². The van der Waals surface area contributed by atoms with E-state index in [1.807, 2.05) is 11.8 Å². The summed E-state index contributed by atoms with van der Waals surface area (Å²) in [5.41, 5.74) is 0. The molecule has 0 saturated carbocycles. The molecular formula is C14H20BrNO4. The highest BCUT2D eigenvalue weighted by atomic mass is 79.9. The van der Waals surface area contributed by atoms with Gasteiger partial charge in [-0.2, -0.15) is 0 Å². The van der Waals surface area contributed by atoms with Gasteiger partial charge in [-0.05, 0) is 47.8 Å². The van der Waals surface area contributed by atoms with Gasteiger partial charge in [-0.1, -0.05) is 0 Å². The van der Waals surface area contributed by atoms with Crippen LogP contribution < -0.4 is 0 Å². The zero-order chi connectivity index (χ0) is 14.4. The largest absolute Gasteiger partial charge is 0.444 e. The summed E-state index contributed by atoms with van der Waals surface area (Å²) in [5, 5.41) is 0. The van der Waals surface area contributed by atoms with Gasteiger partial charge in [-0.3, -0.25) is 4.79 Å². The highest BCUT2D eigenvalue weighted by Crippen LogP contribution is 2.19. The average molecular weight is 346 g/mol. The van der Waals surface area contributed by atoms with Crippen molar-refractivity contribution in [3.8, 4) is 0 Å². The predicted octanol–water partition coefficient (Wildman–Crippen LogP) is 2.70. The highest BCUT2D eigenvalue weighted by molar-refractivity contribution is 9.10. The van der Waals surface area contributed by atoms with Crippen LogP contribution in [0.2, 0.25) is 0 Å². The van der Waals surface area contributed by atoms with Crippen LogP contribution in [0.15, 0.2) is 21.2 Å². The Morgan fingerprint density at radius 3 is 2.75 bits per heavy atom. The van der Waals surface area contributed by atoms with E-state index in [1.54, 1.807) is 12.1 Å². The number of hydrogen-bond acceptors (Lipinski definition) is 4. The van der Waals surface area contributed by atoms with E-state index < -0.39 is 0 Å². The number of carbonyl (C=O) groups excluding carboxylic acids is 1. The van der Waals surface area contributed by atoms with Crippen LogP contribution >= 0.6 is 15.9 Å². The first-order chi connectivity index (χ1) is 9.70. The Bertz CT molecular complexity index is 427. The minimum Gasteiger partial charge on any atom is -0.444 e. The molecular weight excluding hydrogens is 326 g/mol. The molecule has 1 saturated heterocycles. The first-order valence-corrected chi connectivity index (χ1v) is 7.74. The Morgan fingerprint density at radius 2 is 2.15 bits per heavy atom. The van der Waals surface area contributed by atoms with Gasteiger partial charge in [-0.15, -0.1) is 0 Å². The Labute approximate surface area is 127 Å². The molecule has 1 fully saturated rings. The predicted molar refractivity (Wildman–Crippen MR) is 77.8 cm³/mol. The third-order valence-electron chi connectivity index (χ3n) is 3.30. The molecule has 112 valence electrons. The van der Waals surface area contributed by atoms with Gasteiger partial charge in [0.1, 0.15) is 0 Å². The maximum atomic E-state index is 12.2. The van der Waals surface area contributed by atoms with Gasteiger partial charge in [0.2, 0.25) is 0 Å². The summed E-state index contributed by atoms with van der Waals surface area (Å²) >= 11 is 3.21. The third kappa shape index (κ3) is 4.33. The Hall–Kier alpha value is -0.850. The summed E-state index contributed by atoms with van der Waals surface area (Å²) in [6.07, 6.45) is 1.95. The summed E-state index contributed by atoms with van der Waals surface area (Å²) in [7, 11) is 0. The molecule has 2 rings (SSSR count). The summed E-state index contributed by atoms with van der Waals surface area (Å²) in [4.78, 5) is 14.0. The minimum absolute atomic E-state index is 0.0523. The van der Waals surface area contributed by atoms with Crippen molar-refractivity contribution >= 4 is 21.8 Å². The number of likely N-dealkylation sites (tertiary alicyclic amines) is 1. The number of piperidine rings is 1. The molecule has 6 heteroatoms. The third-order valence-corrected chi connectivity index (χ3v) is 3.72. The first kappa shape index (κ1) is 15.5. The molecule has 0 radical (unpaired) electrons. The van der Waals surface area contributed by atoms with Gasteiger partial charge >= 0.3 is 0 Å². The normalized spacial score (nSPS) is 16.6. The van der Waals surface area contributed by atoms with Crippen LogP contribution in [0, 0.1) is 0 Å². The molecule has 1 aromatic heterocycles. The van der Waals surface area contributed by atoms with Gasteiger partial charge in [0.25, 0.3) is 5.91 Å². The Kier molecular flexibility index (Phi) is 6.06. The van der Waals surface area contributed by atoms with Crippen molar-refractivity contribution in [3.63, 3.8) is 0 Å². The summed E-state index contributed by atoms with van der Waals surface area (Å²) in [6, 6.07) is 3.42. The molecule has 0 unspecified atom stereocenters. The van der Waals surface area contributed by atoms with E-state index in [1.165, 1.54) is 0 Å². The van der Waals surface area contributed by atoms with E-state index in [0.717, 1.165) is 19.4 Å². The average Bonchev–Trinajstić information content (AvgIpc) is 2.90. The fourth-order valence-corrected chi connectivity index (χ4v) is 2.54. The molecule has 1 aromatic rings. The molecule has 0 aromatic carbocycles. The van der Waals surface area contributed by atoms with Crippen molar-refractivity contribution in [2.75, 3.05) is 32.9 Å². The Morgan fingerprint density at radius 1 is 1.40 bits per heavy atom. The van der Waals surface area contributed by atoms with Crippen LogP contribution in [0.25, 0.3) is 0 Å². The smallest absolute Gasteiger partial charge is 0.289 e. The van der Waals surface area contributed by atoms with Crippen molar-refractivity contribution in [2.24, 2.45) is 0 Å². The fourth-order valence-electron chi connectivity index (χ4n) is 2.23. The molecule has 1 aliphatic rings. The van der Waals surface area contributed by atoms with E-state index in [-0.39, 0.29) is 12.0 Å². The van der Waals surface area contributed by atoms with Gasteiger partial charge in [0.15, 0.2) is 10.4 Å². The second kappa shape index (κ2) is 7.81. The number of furan rings is 1. The molecule has 1 amide bonds. The quantitative estimate of drug-likeness (QED) is 0.744. The van der Waals surface area contributed by atoms with Crippen molar-refractivity contribution in [1.29, 1.82) is 0 Å². The fraction of sp³-hybridized carbons (Fsp3) is 0.643. The standard InChI is InChI=1S/C14H20BrNO4/c1-2-18-9-10-19-11-5-7-16(8-6-11)14(17)12-3-4-13(15)20-12/h3-4,11H,2,5-10H2,1H3. The lowest BCUT2D eigenvalue weighted by molar-refractivity contribution is -0.0186. The van der Waals surface area contributed by atoms with E-state index in [2.05, 4.69) is 15.9 Å². The molecule has 0 N–H and O–H groups in total. The maximum absolute atomic E-state index is 12.2. The van der Waals surface area contributed by atoms with Crippen LogP contribution in [0.3, 0.4) is 0 Å². The van der Waals surface area contributed by atoms with Crippen LogP contribution in [0.4, 0.5) is 0 Å². The molecule has 0 spiro atoms. The Balaban J connectivity index is 1.72. The molecule has 20 heavy (non-hydrogen) atoms. The second-order valence-electron chi connectivity index (χ2n) is 4.66. The lowest BCUT2D eigenvalue weighted by Gasteiger charge is -2.31. The molecule has 1 aliphatic heterocycles. The van der Waals surface area contributed by atoms with E-state index in [4.69, 9.17) is 13.9 Å². The number of hydrogen-bond donors (Lipinski definition) is 0. The number of ether oxygens (including phenoxy) is 2. The molecule has 0 aliphatic carbocycles. The number of rotatable bonds is 6. The van der Waals surface area contributed by atoms with Crippen molar-refractivity contribution in [3.05, 3.63) is 22.6 Å². The first-order valence-electron chi connectivity index (χ1n) is 6.94. The van der Waals surface area contributed by atoms with E-state index in [0.29, 0.717) is 36.7 Å². The monoisotopic (exact) mass is 345 g/mol. The van der Waals surface area contributed by atoms with Crippen molar-refractivity contribution in [1.82, 2.24) is 4.90 Å². The second-order valence-corrected chi connectivity index (χ2v) is 5.44. The van der Waals surface area contributed by atoms with Crippen LogP contribution in [-0.4, -0.2) is 49.8 Å². The maximum Gasteiger partial charge on any atom is 0.289 e. The molecule has 5 nitrogen and oxygen atoms in total. The number of amides is 1. The SMILES string of the molecule is CCOCCOC1CCN(C(=O)c2ccc(Br)o2)CC1. The zero-order valence-electron chi connectivity index (χ0n) is 11.6. The van der Waals surface area contributed by atoms with Gasteiger partial charge in [-0.25, -0.2) is 0 Å². The number of carbonyl (C=O) groups is 1. The van der Waals surface area contributed by atoms with Crippen molar-refractivity contribution < 1.29 is 18.7 Å². The van der Waals surface area contributed by atoms with Gasteiger partial charge in [0.05, 0.1) is 19.3 Å². The van der Waals surface area contributed by atoms with Gasteiger partial charge < -0.3 is 18.8 Å². The lowest BCUT2D eigenvalue weighted by Crippen LogP contribution is -2.41. The number of halogens is 1. The molecule has 2 heterocycles. The number of nitrogens with zero attached hydrogens (tertiary/aromatic N) is 1. The van der Waals surface area contributed by atoms with Crippen molar-refractivity contribution in [2.45, 2.75) is 25.9 Å². The van der Waals surface area contributed by atoms with E-state index >= 15 is 0 Å². The van der Waals surface area contributed by atoms with Crippen LogP contribution in [0.5, 0.6) is 0 Å². The van der Waals surface area contributed by atoms with E-state index in [9.17, 15) is 4.79 Å². The summed E-state index contributed by atoms with van der Waals surface area (Å²) < 4.78 is 16.8. The molecule has 0 atom stereocenters.